The fourth-order valence-electron chi connectivity index (χ4n) is 2.74. The van der Waals surface area contributed by atoms with Crippen LogP contribution in [0.5, 0.6) is 5.75 Å². The number of ether oxygens (including phenoxy) is 1. The van der Waals surface area contributed by atoms with Crippen molar-refractivity contribution in [3.8, 4) is 5.75 Å². The SMILES string of the molecule is COc1ccc(S(=O)(=O)NCC2(CO)CCCC2)c(N)c1. The second kappa shape index (κ2) is 6.21. The van der Waals surface area contributed by atoms with Crippen molar-refractivity contribution in [2.75, 3.05) is 26.0 Å². The average molecular weight is 314 g/mol. The van der Waals surface area contributed by atoms with Gasteiger partial charge in [-0.05, 0) is 25.0 Å². The van der Waals surface area contributed by atoms with Gasteiger partial charge in [0.25, 0.3) is 0 Å². The minimum atomic E-state index is -3.69. The summed E-state index contributed by atoms with van der Waals surface area (Å²) in [5.41, 5.74) is 5.59. The van der Waals surface area contributed by atoms with Gasteiger partial charge in [0.15, 0.2) is 0 Å². The molecule has 1 fully saturated rings. The normalized spacial score (nSPS) is 17.8. The number of aliphatic hydroxyl groups excluding tert-OH is 1. The molecule has 0 aliphatic heterocycles. The van der Waals surface area contributed by atoms with E-state index in [1.807, 2.05) is 0 Å². The number of benzene rings is 1. The second-order valence-corrected chi connectivity index (χ2v) is 7.33. The Labute approximate surface area is 125 Å². The molecule has 21 heavy (non-hydrogen) atoms. The largest absolute Gasteiger partial charge is 0.497 e. The minimum absolute atomic E-state index is 0.00633. The van der Waals surface area contributed by atoms with Crippen LogP contribution in [0, 0.1) is 5.41 Å². The van der Waals surface area contributed by atoms with E-state index < -0.39 is 10.0 Å². The first kappa shape index (κ1) is 16.1. The van der Waals surface area contributed by atoms with Crippen molar-refractivity contribution in [2.24, 2.45) is 5.41 Å². The van der Waals surface area contributed by atoms with Crippen LogP contribution in [0.1, 0.15) is 25.7 Å². The topological polar surface area (TPSA) is 102 Å². The fourth-order valence-corrected chi connectivity index (χ4v) is 4.01. The van der Waals surface area contributed by atoms with E-state index in [9.17, 15) is 13.5 Å². The first-order valence-corrected chi connectivity index (χ1v) is 8.45. The van der Waals surface area contributed by atoms with Crippen LogP contribution in [0.15, 0.2) is 23.1 Å². The molecule has 1 aliphatic carbocycles. The highest BCUT2D eigenvalue weighted by Gasteiger charge is 2.34. The third kappa shape index (κ3) is 3.48. The summed E-state index contributed by atoms with van der Waals surface area (Å²) >= 11 is 0. The lowest BCUT2D eigenvalue weighted by Gasteiger charge is -2.26. The molecule has 0 radical (unpaired) electrons. The lowest BCUT2D eigenvalue weighted by Crippen LogP contribution is -2.38. The molecule has 0 aromatic heterocycles. The van der Waals surface area contributed by atoms with Crippen molar-refractivity contribution in [1.82, 2.24) is 4.72 Å². The number of hydrogen-bond acceptors (Lipinski definition) is 5. The summed E-state index contributed by atoms with van der Waals surface area (Å²) in [6.07, 6.45) is 3.72. The molecular weight excluding hydrogens is 292 g/mol. The number of nitrogens with one attached hydrogen (secondary N) is 1. The number of nitrogens with two attached hydrogens (primary N) is 1. The number of anilines is 1. The highest BCUT2D eigenvalue weighted by molar-refractivity contribution is 7.89. The minimum Gasteiger partial charge on any atom is -0.497 e. The Balaban J connectivity index is 2.15. The highest BCUT2D eigenvalue weighted by atomic mass is 32.2. The van der Waals surface area contributed by atoms with Gasteiger partial charge < -0.3 is 15.6 Å². The lowest BCUT2D eigenvalue weighted by atomic mass is 9.88. The predicted octanol–water partition coefficient (Wildman–Crippen LogP) is 1.11. The van der Waals surface area contributed by atoms with Gasteiger partial charge in [0.2, 0.25) is 10.0 Å². The van der Waals surface area contributed by atoms with Gasteiger partial charge in [0.1, 0.15) is 10.6 Å². The number of hydrogen-bond donors (Lipinski definition) is 3. The van der Waals surface area contributed by atoms with Gasteiger partial charge in [0.05, 0.1) is 12.8 Å². The molecule has 4 N–H and O–H groups in total. The summed E-state index contributed by atoms with van der Waals surface area (Å²) in [4.78, 5) is 0.0365. The first-order valence-electron chi connectivity index (χ1n) is 6.96. The second-order valence-electron chi connectivity index (χ2n) is 5.59. The van der Waals surface area contributed by atoms with E-state index in [2.05, 4.69) is 4.72 Å². The quantitative estimate of drug-likeness (QED) is 0.683. The molecular formula is C14H22N2O4S. The van der Waals surface area contributed by atoms with Crippen molar-refractivity contribution < 1.29 is 18.3 Å². The van der Waals surface area contributed by atoms with E-state index in [-0.39, 0.29) is 29.1 Å². The zero-order valence-corrected chi connectivity index (χ0v) is 12.9. The fraction of sp³-hybridized carbons (Fsp3) is 0.571. The van der Waals surface area contributed by atoms with E-state index in [1.165, 1.54) is 19.2 Å². The standard InChI is InChI=1S/C14H22N2O4S/c1-20-11-4-5-13(12(15)8-11)21(18,19)16-9-14(10-17)6-2-3-7-14/h4-5,8,16-17H,2-3,6-7,9-10,15H2,1H3. The Kier molecular flexibility index (Phi) is 4.75. The molecule has 1 saturated carbocycles. The van der Waals surface area contributed by atoms with Crippen molar-refractivity contribution in [1.29, 1.82) is 0 Å². The molecule has 118 valence electrons. The molecule has 2 rings (SSSR count). The Hall–Kier alpha value is -1.31. The van der Waals surface area contributed by atoms with Crippen molar-refractivity contribution in [3.05, 3.63) is 18.2 Å². The Bertz CT molecular complexity index is 595. The molecule has 0 bridgehead atoms. The van der Waals surface area contributed by atoms with E-state index >= 15 is 0 Å². The van der Waals surface area contributed by atoms with E-state index in [0.717, 1.165) is 25.7 Å². The van der Waals surface area contributed by atoms with Crippen LogP contribution < -0.4 is 15.2 Å². The smallest absolute Gasteiger partial charge is 0.242 e. The summed E-state index contributed by atoms with van der Waals surface area (Å²) in [5.74, 6) is 0.508. The molecule has 0 heterocycles. The number of methoxy groups -OCH3 is 1. The summed E-state index contributed by atoms with van der Waals surface area (Å²) in [6, 6.07) is 4.46. The molecule has 0 amide bonds. The van der Waals surface area contributed by atoms with Crippen LogP contribution in [-0.2, 0) is 10.0 Å². The maximum atomic E-state index is 12.4. The molecule has 0 atom stereocenters. The monoisotopic (exact) mass is 314 g/mol. The Morgan fingerprint density at radius 1 is 1.38 bits per heavy atom. The van der Waals surface area contributed by atoms with E-state index in [4.69, 9.17) is 10.5 Å². The highest BCUT2D eigenvalue weighted by Crippen LogP contribution is 2.37. The molecule has 0 saturated heterocycles. The molecule has 1 aromatic rings. The zero-order chi connectivity index (χ0) is 15.5. The van der Waals surface area contributed by atoms with Crippen molar-refractivity contribution in [3.63, 3.8) is 0 Å². The van der Waals surface area contributed by atoms with E-state index in [1.54, 1.807) is 6.07 Å². The molecule has 0 unspecified atom stereocenters. The maximum absolute atomic E-state index is 12.4. The van der Waals surface area contributed by atoms with Crippen LogP contribution >= 0.6 is 0 Å². The van der Waals surface area contributed by atoms with Gasteiger partial charge in [-0.25, -0.2) is 13.1 Å². The van der Waals surface area contributed by atoms with Gasteiger partial charge in [-0.3, -0.25) is 0 Å². The van der Waals surface area contributed by atoms with Crippen LogP contribution in [0.25, 0.3) is 0 Å². The van der Waals surface area contributed by atoms with Gasteiger partial charge in [-0.1, -0.05) is 12.8 Å². The van der Waals surface area contributed by atoms with Gasteiger partial charge in [0, 0.05) is 24.6 Å². The zero-order valence-electron chi connectivity index (χ0n) is 12.1. The van der Waals surface area contributed by atoms with Crippen molar-refractivity contribution in [2.45, 2.75) is 30.6 Å². The number of sulfonamides is 1. The lowest BCUT2D eigenvalue weighted by molar-refractivity contribution is 0.134. The summed E-state index contributed by atoms with van der Waals surface area (Å²) in [6.45, 7) is 0.227. The molecule has 6 nitrogen and oxygen atoms in total. The number of aliphatic hydroxyl groups is 1. The van der Waals surface area contributed by atoms with Crippen molar-refractivity contribution >= 4 is 15.7 Å². The Morgan fingerprint density at radius 2 is 2.05 bits per heavy atom. The van der Waals surface area contributed by atoms with Gasteiger partial charge in [-0.15, -0.1) is 0 Å². The summed E-state index contributed by atoms with van der Waals surface area (Å²) in [7, 11) is -2.20. The molecule has 1 aromatic carbocycles. The third-order valence-corrected chi connectivity index (χ3v) is 5.62. The molecule has 0 spiro atoms. The summed E-state index contributed by atoms with van der Waals surface area (Å²) in [5, 5.41) is 9.53. The maximum Gasteiger partial charge on any atom is 0.242 e. The predicted molar refractivity (Wildman–Crippen MR) is 80.6 cm³/mol. The van der Waals surface area contributed by atoms with Gasteiger partial charge in [-0.2, -0.15) is 0 Å². The number of nitrogen functional groups attached to an aromatic ring is 1. The van der Waals surface area contributed by atoms with Crippen LogP contribution in [-0.4, -0.2) is 33.8 Å². The molecule has 7 heteroatoms. The molecule has 1 aliphatic rings. The Morgan fingerprint density at radius 3 is 2.57 bits per heavy atom. The van der Waals surface area contributed by atoms with E-state index in [0.29, 0.717) is 5.75 Å². The summed E-state index contributed by atoms with van der Waals surface area (Å²) < 4.78 is 32.3. The number of rotatable bonds is 6. The van der Waals surface area contributed by atoms with Crippen LogP contribution in [0.4, 0.5) is 5.69 Å². The third-order valence-electron chi connectivity index (χ3n) is 4.14. The van der Waals surface area contributed by atoms with Crippen LogP contribution in [0.3, 0.4) is 0 Å². The average Bonchev–Trinajstić information content (AvgIpc) is 2.94. The first-order chi connectivity index (χ1) is 9.92. The van der Waals surface area contributed by atoms with Gasteiger partial charge >= 0.3 is 0 Å². The van der Waals surface area contributed by atoms with Crippen LogP contribution in [0.2, 0.25) is 0 Å².